The van der Waals surface area contributed by atoms with Gasteiger partial charge in [-0.1, -0.05) is 28.1 Å². The second kappa shape index (κ2) is 11.1. The molecule has 1 N–H and O–H groups in total. The molecule has 0 radical (unpaired) electrons. The molecule has 132 valence electrons. The van der Waals surface area contributed by atoms with E-state index in [2.05, 4.69) is 26.2 Å². The normalized spacial score (nSPS) is 11.8. The lowest BCUT2D eigenvalue weighted by molar-refractivity contribution is -0.135. The van der Waals surface area contributed by atoms with Gasteiger partial charge < -0.3 is 10.2 Å². The van der Waals surface area contributed by atoms with Gasteiger partial charge in [-0.05, 0) is 30.5 Å². The summed E-state index contributed by atoms with van der Waals surface area (Å²) < 4.78 is 37.2. The molecule has 23 heavy (non-hydrogen) atoms. The predicted octanol–water partition coefficient (Wildman–Crippen LogP) is 4.81. The van der Waals surface area contributed by atoms with E-state index in [1.165, 1.54) is 0 Å². The maximum absolute atomic E-state index is 12.1. The van der Waals surface area contributed by atoms with Crippen molar-refractivity contribution >= 4 is 45.9 Å². The second-order valence-electron chi connectivity index (χ2n) is 5.03. The molecule has 0 aromatic heterocycles. The first-order valence-electron chi connectivity index (χ1n) is 7.05. The molecule has 8 heteroatoms. The Bertz CT molecular complexity index is 478. The third kappa shape index (κ3) is 10.1. The van der Waals surface area contributed by atoms with Gasteiger partial charge in [-0.3, -0.25) is 4.99 Å². The zero-order valence-electron chi connectivity index (χ0n) is 13.2. The summed E-state index contributed by atoms with van der Waals surface area (Å²) in [4.78, 5) is 6.09. The highest BCUT2D eigenvalue weighted by atomic mass is 127. The monoisotopic (exact) mass is 507 g/mol. The molecule has 0 saturated heterocycles. The van der Waals surface area contributed by atoms with Crippen molar-refractivity contribution in [3.05, 3.63) is 34.3 Å². The van der Waals surface area contributed by atoms with Gasteiger partial charge in [-0.25, -0.2) is 0 Å². The van der Waals surface area contributed by atoms with Gasteiger partial charge in [0.25, 0.3) is 0 Å². The van der Waals surface area contributed by atoms with E-state index in [0.29, 0.717) is 25.5 Å². The topological polar surface area (TPSA) is 27.6 Å². The van der Waals surface area contributed by atoms with Crippen molar-refractivity contribution < 1.29 is 13.2 Å². The lowest BCUT2D eigenvalue weighted by Gasteiger charge is -2.22. The van der Waals surface area contributed by atoms with Gasteiger partial charge >= 0.3 is 6.18 Å². The van der Waals surface area contributed by atoms with Crippen LogP contribution in [0, 0.1) is 0 Å². The summed E-state index contributed by atoms with van der Waals surface area (Å²) in [5.41, 5.74) is 1.13. The zero-order valence-corrected chi connectivity index (χ0v) is 17.1. The number of nitrogens with zero attached hydrogens (tertiary/aromatic N) is 2. The van der Waals surface area contributed by atoms with Gasteiger partial charge in [0.2, 0.25) is 0 Å². The maximum Gasteiger partial charge on any atom is 0.389 e. The van der Waals surface area contributed by atoms with Crippen LogP contribution in [0.3, 0.4) is 0 Å². The van der Waals surface area contributed by atoms with Crippen LogP contribution in [0.1, 0.15) is 24.8 Å². The first-order valence-corrected chi connectivity index (χ1v) is 7.84. The summed E-state index contributed by atoms with van der Waals surface area (Å²) >= 11 is 3.39. The Balaban J connectivity index is 0.00000484. The number of hydrogen-bond acceptors (Lipinski definition) is 1. The quantitative estimate of drug-likeness (QED) is 0.259. The van der Waals surface area contributed by atoms with Gasteiger partial charge in [0.15, 0.2) is 5.96 Å². The van der Waals surface area contributed by atoms with Crippen molar-refractivity contribution in [1.82, 2.24) is 10.2 Å². The van der Waals surface area contributed by atoms with E-state index in [-0.39, 0.29) is 30.4 Å². The molecule has 0 aliphatic heterocycles. The molecule has 1 aromatic rings. The molecule has 1 rings (SSSR count). The molecule has 0 unspecified atom stereocenters. The van der Waals surface area contributed by atoms with Crippen LogP contribution in [0.2, 0.25) is 0 Å². The standard InChI is InChI=1S/C15H21BrF3N3.HI/c1-20-14(21-10-4-3-9-15(17,18)19)22(2)11-12-5-7-13(16)8-6-12;/h5-8H,3-4,9-11H2,1-2H3,(H,20,21);1H. The third-order valence-corrected chi connectivity index (χ3v) is 3.61. The van der Waals surface area contributed by atoms with Gasteiger partial charge in [-0.2, -0.15) is 13.2 Å². The highest BCUT2D eigenvalue weighted by Crippen LogP contribution is 2.21. The third-order valence-electron chi connectivity index (χ3n) is 3.08. The molecule has 0 atom stereocenters. The first kappa shape index (κ1) is 22.5. The number of aliphatic imine (C=N–C) groups is 1. The van der Waals surface area contributed by atoms with Crippen molar-refractivity contribution in [2.45, 2.75) is 32.0 Å². The average Bonchev–Trinajstić information content (AvgIpc) is 2.44. The van der Waals surface area contributed by atoms with Crippen LogP contribution >= 0.6 is 39.9 Å². The van der Waals surface area contributed by atoms with Crippen LogP contribution in [0.25, 0.3) is 0 Å². The number of unbranched alkanes of at least 4 members (excludes halogenated alkanes) is 1. The summed E-state index contributed by atoms with van der Waals surface area (Å²) in [6.07, 6.45) is -4.21. The van der Waals surface area contributed by atoms with E-state index in [9.17, 15) is 13.2 Å². The van der Waals surface area contributed by atoms with Crippen LogP contribution in [0.5, 0.6) is 0 Å². The van der Waals surface area contributed by atoms with E-state index in [1.54, 1.807) is 7.05 Å². The Kier molecular flexibility index (Phi) is 10.9. The summed E-state index contributed by atoms with van der Waals surface area (Å²) in [6.45, 7) is 1.16. The molecule has 1 aromatic carbocycles. The number of nitrogens with one attached hydrogen (secondary N) is 1. The van der Waals surface area contributed by atoms with Crippen molar-refractivity contribution in [2.24, 2.45) is 4.99 Å². The summed E-state index contributed by atoms with van der Waals surface area (Å²) in [5, 5.41) is 3.09. The Morgan fingerprint density at radius 1 is 1.22 bits per heavy atom. The molecule has 0 amide bonds. The van der Waals surface area contributed by atoms with Crippen molar-refractivity contribution in [3.8, 4) is 0 Å². The smallest absolute Gasteiger partial charge is 0.356 e. The molecule has 0 aliphatic rings. The van der Waals surface area contributed by atoms with E-state index in [0.717, 1.165) is 10.0 Å². The molecule has 0 spiro atoms. The number of rotatable bonds is 6. The first-order chi connectivity index (χ1) is 10.3. The van der Waals surface area contributed by atoms with Crippen molar-refractivity contribution in [2.75, 3.05) is 20.6 Å². The highest BCUT2D eigenvalue weighted by Gasteiger charge is 2.25. The fraction of sp³-hybridized carbons (Fsp3) is 0.533. The fourth-order valence-corrected chi connectivity index (χ4v) is 2.24. The minimum Gasteiger partial charge on any atom is -0.356 e. The van der Waals surface area contributed by atoms with Gasteiger partial charge in [-0.15, -0.1) is 24.0 Å². The van der Waals surface area contributed by atoms with Gasteiger partial charge in [0.05, 0.1) is 0 Å². The Hall–Kier alpha value is -0.510. The minimum absolute atomic E-state index is 0. The molecular formula is C15H22BrF3IN3. The van der Waals surface area contributed by atoms with Crippen LogP contribution < -0.4 is 5.32 Å². The van der Waals surface area contributed by atoms with Crippen molar-refractivity contribution in [1.29, 1.82) is 0 Å². The largest absolute Gasteiger partial charge is 0.389 e. The molecule has 0 aliphatic carbocycles. The maximum atomic E-state index is 12.1. The van der Waals surface area contributed by atoms with Crippen molar-refractivity contribution in [3.63, 3.8) is 0 Å². The molecule has 0 saturated carbocycles. The minimum atomic E-state index is -4.07. The summed E-state index contributed by atoms with van der Waals surface area (Å²) in [7, 11) is 3.56. The van der Waals surface area contributed by atoms with Crippen LogP contribution in [-0.2, 0) is 6.54 Å². The van der Waals surface area contributed by atoms with Crippen LogP contribution in [0.15, 0.2) is 33.7 Å². The lowest BCUT2D eigenvalue weighted by atomic mass is 10.2. The van der Waals surface area contributed by atoms with E-state index < -0.39 is 12.6 Å². The highest BCUT2D eigenvalue weighted by molar-refractivity contribution is 14.0. The summed E-state index contributed by atoms with van der Waals surface area (Å²) in [5.74, 6) is 0.676. The molecule has 0 bridgehead atoms. The Morgan fingerprint density at radius 3 is 2.35 bits per heavy atom. The van der Waals surface area contributed by atoms with E-state index in [1.807, 2.05) is 36.2 Å². The molecule has 0 heterocycles. The SMILES string of the molecule is CN=C(NCCCCC(F)(F)F)N(C)Cc1ccc(Br)cc1.I. The van der Waals surface area contributed by atoms with E-state index >= 15 is 0 Å². The van der Waals surface area contributed by atoms with Crippen LogP contribution in [-0.4, -0.2) is 37.7 Å². The molecular weight excluding hydrogens is 486 g/mol. The predicted molar refractivity (Wildman–Crippen MR) is 102 cm³/mol. The number of hydrogen-bond donors (Lipinski definition) is 1. The number of benzene rings is 1. The molecule has 0 fully saturated rings. The summed E-state index contributed by atoms with van der Waals surface area (Å²) in [6, 6.07) is 7.96. The Labute approximate surface area is 160 Å². The number of alkyl halides is 3. The van der Waals surface area contributed by atoms with Gasteiger partial charge in [0.1, 0.15) is 0 Å². The zero-order chi connectivity index (χ0) is 16.6. The van der Waals surface area contributed by atoms with E-state index in [4.69, 9.17) is 0 Å². The van der Waals surface area contributed by atoms with Crippen LogP contribution in [0.4, 0.5) is 13.2 Å². The second-order valence-corrected chi connectivity index (χ2v) is 5.94. The number of halogens is 5. The number of guanidine groups is 1. The lowest BCUT2D eigenvalue weighted by Crippen LogP contribution is -2.38. The van der Waals surface area contributed by atoms with Gasteiger partial charge in [0, 0.05) is 38.1 Å². The average molecular weight is 508 g/mol. The molecule has 3 nitrogen and oxygen atoms in total. The fourth-order valence-electron chi connectivity index (χ4n) is 1.97. The Morgan fingerprint density at radius 2 is 1.83 bits per heavy atom.